The zero-order valence-corrected chi connectivity index (χ0v) is 10.8. The summed E-state index contributed by atoms with van der Waals surface area (Å²) in [6.45, 7) is -0.268. The van der Waals surface area contributed by atoms with Crippen LogP contribution in [0.4, 0.5) is 0 Å². The first-order valence-corrected chi connectivity index (χ1v) is 6.55. The third kappa shape index (κ3) is 2.15. The molecule has 1 saturated heterocycles. The van der Waals surface area contributed by atoms with Gasteiger partial charge in [-0.25, -0.2) is 4.79 Å². The largest absolute Gasteiger partial charge is 0.480 e. The van der Waals surface area contributed by atoms with Gasteiger partial charge in [-0.3, -0.25) is 9.59 Å². The number of aliphatic carboxylic acids is 1. The summed E-state index contributed by atoms with van der Waals surface area (Å²) in [6, 6.07) is 2.76. The van der Waals surface area contributed by atoms with Crippen LogP contribution in [-0.2, 0) is 9.59 Å². The molecular weight excluding hydrogens is 262 g/mol. The van der Waals surface area contributed by atoms with E-state index < -0.39 is 17.9 Å². The topological polar surface area (TPSA) is 91.6 Å². The van der Waals surface area contributed by atoms with Crippen LogP contribution in [0.15, 0.2) is 18.3 Å². The number of carbonyl (C=O) groups is 3. The Bertz CT molecular complexity index is 576. The maximum absolute atomic E-state index is 12.5. The van der Waals surface area contributed by atoms with E-state index >= 15 is 0 Å². The molecular formula is C13H15N3O4. The van der Waals surface area contributed by atoms with Gasteiger partial charge in [-0.05, 0) is 25.0 Å². The number of hydrogen-bond donors (Lipinski definition) is 2. The van der Waals surface area contributed by atoms with E-state index in [1.807, 2.05) is 10.8 Å². The molecule has 1 aromatic heterocycles. The highest BCUT2D eigenvalue weighted by molar-refractivity contribution is 5.99. The average Bonchev–Trinajstić information content (AvgIpc) is 3.15. The van der Waals surface area contributed by atoms with Gasteiger partial charge in [0.15, 0.2) is 0 Å². The highest BCUT2D eigenvalue weighted by Crippen LogP contribution is 2.36. The Balaban J connectivity index is 1.88. The smallest absolute Gasteiger partial charge is 0.328 e. The average molecular weight is 277 g/mol. The Morgan fingerprint density at radius 2 is 2.10 bits per heavy atom. The quantitative estimate of drug-likeness (QED) is 0.803. The monoisotopic (exact) mass is 277 g/mol. The molecule has 0 aromatic carbocycles. The van der Waals surface area contributed by atoms with Crippen molar-refractivity contribution in [2.45, 2.75) is 24.9 Å². The van der Waals surface area contributed by atoms with Crippen molar-refractivity contribution in [2.24, 2.45) is 0 Å². The van der Waals surface area contributed by atoms with Gasteiger partial charge in [0.05, 0.1) is 0 Å². The zero-order chi connectivity index (χ0) is 14.3. The van der Waals surface area contributed by atoms with Crippen LogP contribution in [0, 0.1) is 0 Å². The van der Waals surface area contributed by atoms with Crippen LogP contribution < -0.4 is 5.32 Å². The van der Waals surface area contributed by atoms with E-state index in [-0.39, 0.29) is 19.0 Å². The molecule has 1 unspecified atom stereocenters. The van der Waals surface area contributed by atoms with Crippen molar-refractivity contribution in [1.29, 1.82) is 0 Å². The minimum Gasteiger partial charge on any atom is -0.480 e. The Kier molecular flexibility index (Phi) is 2.96. The van der Waals surface area contributed by atoms with Gasteiger partial charge in [0.1, 0.15) is 18.3 Å². The number of hydrogen-bond acceptors (Lipinski definition) is 3. The molecule has 1 aromatic rings. The SMILES string of the molecule is O=C1CN(C(=O)c2cccn2C2CC2)C(C(=O)O)CN1. The molecule has 0 radical (unpaired) electrons. The number of carboxylic acids is 1. The van der Waals surface area contributed by atoms with Gasteiger partial charge in [-0.2, -0.15) is 0 Å². The van der Waals surface area contributed by atoms with Gasteiger partial charge in [0.25, 0.3) is 5.91 Å². The molecule has 2 N–H and O–H groups in total. The van der Waals surface area contributed by atoms with E-state index in [0.29, 0.717) is 11.7 Å². The lowest BCUT2D eigenvalue weighted by Gasteiger charge is -2.32. The third-order valence-electron chi connectivity index (χ3n) is 3.67. The van der Waals surface area contributed by atoms with Crippen LogP contribution in [0.25, 0.3) is 0 Å². The normalized spacial score (nSPS) is 22.5. The van der Waals surface area contributed by atoms with Crippen molar-refractivity contribution < 1.29 is 19.5 Å². The van der Waals surface area contributed by atoms with Crippen LogP contribution in [0.1, 0.15) is 29.4 Å². The molecule has 1 aliphatic heterocycles. The fourth-order valence-corrected chi connectivity index (χ4v) is 2.47. The molecule has 2 heterocycles. The molecule has 106 valence electrons. The highest BCUT2D eigenvalue weighted by Gasteiger charge is 2.37. The van der Waals surface area contributed by atoms with Crippen LogP contribution in [0.3, 0.4) is 0 Å². The van der Waals surface area contributed by atoms with E-state index in [9.17, 15) is 19.5 Å². The maximum atomic E-state index is 12.5. The number of carboxylic acid groups (broad SMARTS) is 1. The molecule has 0 bridgehead atoms. The minimum absolute atomic E-state index is 0.0515. The summed E-state index contributed by atoms with van der Waals surface area (Å²) in [6.07, 6.45) is 3.88. The number of aromatic nitrogens is 1. The zero-order valence-electron chi connectivity index (χ0n) is 10.8. The molecule has 2 amide bonds. The lowest BCUT2D eigenvalue weighted by atomic mass is 10.1. The Hall–Kier alpha value is -2.31. The summed E-state index contributed by atoms with van der Waals surface area (Å²) in [4.78, 5) is 36.3. The van der Waals surface area contributed by atoms with Crippen LogP contribution in [0.5, 0.6) is 0 Å². The number of amides is 2. The molecule has 0 spiro atoms. The van der Waals surface area contributed by atoms with Crippen LogP contribution >= 0.6 is 0 Å². The fourth-order valence-electron chi connectivity index (χ4n) is 2.47. The summed E-state index contributed by atoms with van der Waals surface area (Å²) in [7, 11) is 0. The molecule has 7 heteroatoms. The number of piperazine rings is 1. The second-order valence-electron chi connectivity index (χ2n) is 5.12. The molecule has 1 atom stereocenters. The summed E-state index contributed by atoms with van der Waals surface area (Å²) < 4.78 is 1.87. The first-order valence-electron chi connectivity index (χ1n) is 6.55. The van der Waals surface area contributed by atoms with Gasteiger partial charge < -0.3 is 19.9 Å². The van der Waals surface area contributed by atoms with Crippen molar-refractivity contribution >= 4 is 17.8 Å². The highest BCUT2D eigenvalue weighted by atomic mass is 16.4. The summed E-state index contributed by atoms with van der Waals surface area (Å²) in [5, 5.41) is 11.7. The Labute approximate surface area is 115 Å². The fraction of sp³-hybridized carbons (Fsp3) is 0.462. The van der Waals surface area contributed by atoms with E-state index in [1.165, 1.54) is 0 Å². The number of carbonyl (C=O) groups excluding carboxylic acids is 2. The molecule has 1 saturated carbocycles. The predicted octanol–water partition coefficient (Wildman–Crippen LogP) is -0.152. The lowest BCUT2D eigenvalue weighted by Crippen LogP contribution is -2.59. The standard InChI is InChI=1S/C13H15N3O4/c17-11-7-16(10(6-14-11)13(19)20)12(18)9-2-1-5-15(9)8-3-4-8/h1-2,5,8,10H,3-4,6-7H2,(H,14,17)(H,19,20). The predicted molar refractivity (Wildman–Crippen MR) is 68.2 cm³/mol. The second-order valence-corrected chi connectivity index (χ2v) is 5.12. The van der Waals surface area contributed by atoms with Crippen LogP contribution in [0.2, 0.25) is 0 Å². The number of nitrogens with one attached hydrogen (secondary N) is 1. The molecule has 1 aliphatic carbocycles. The van der Waals surface area contributed by atoms with Crippen LogP contribution in [-0.4, -0.2) is 51.5 Å². The Morgan fingerprint density at radius 1 is 1.35 bits per heavy atom. The number of nitrogens with zero attached hydrogens (tertiary/aromatic N) is 2. The summed E-state index contributed by atoms with van der Waals surface area (Å²) in [5.41, 5.74) is 0.452. The second kappa shape index (κ2) is 4.66. The van der Waals surface area contributed by atoms with Crippen molar-refractivity contribution in [1.82, 2.24) is 14.8 Å². The van der Waals surface area contributed by atoms with Crippen molar-refractivity contribution in [3.63, 3.8) is 0 Å². The van der Waals surface area contributed by atoms with Crippen molar-refractivity contribution in [3.05, 3.63) is 24.0 Å². The van der Waals surface area contributed by atoms with Gasteiger partial charge in [0.2, 0.25) is 5.91 Å². The molecule has 3 rings (SSSR count). The molecule has 2 aliphatic rings. The number of rotatable bonds is 3. The van der Waals surface area contributed by atoms with E-state index in [2.05, 4.69) is 5.32 Å². The third-order valence-corrected chi connectivity index (χ3v) is 3.67. The first-order chi connectivity index (χ1) is 9.58. The summed E-state index contributed by atoms with van der Waals surface area (Å²) >= 11 is 0. The molecule has 7 nitrogen and oxygen atoms in total. The van der Waals surface area contributed by atoms with Gasteiger partial charge in [-0.1, -0.05) is 0 Å². The first kappa shape index (κ1) is 12.7. The maximum Gasteiger partial charge on any atom is 0.328 e. The molecule has 20 heavy (non-hydrogen) atoms. The van der Waals surface area contributed by atoms with Gasteiger partial charge in [-0.15, -0.1) is 0 Å². The van der Waals surface area contributed by atoms with E-state index in [1.54, 1.807) is 12.1 Å². The van der Waals surface area contributed by atoms with Gasteiger partial charge in [0, 0.05) is 18.8 Å². The minimum atomic E-state index is -1.11. The van der Waals surface area contributed by atoms with Gasteiger partial charge >= 0.3 is 5.97 Å². The lowest BCUT2D eigenvalue weighted by molar-refractivity contribution is -0.144. The van der Waals surface area contributed by atoms with E-state index in [4.69, 9.17) is 0 Å². The van der Waals surface area contributed by atoms with Crippen molar-refractivity contribution in [2.75, 3.05) is 13.1 Å². The summed E-state index contributed by atoms with van der Waals surface area (Å²) in [5.74, 6) is -1.84. The Morgan fingerprint density at radius 3 is 2.75 bits per heavy atom. The van der Waals surface area contributed by atoms with E-state index in [0.717, 1.165) is 17.7 Å². The van der Waals surface area contributed by atoms with Crippen molar-refractivity contribution in [3.8, 4) is 0 Å². The molecule has 2 fully saturated rings.